The molecule has 440 valence electrons. The molecule has 12 amide bonds. The molecule has 0 aromatic heterocycles. The number of carbonyl (C=O) groups is 10. The number of rotatable bonds is 14. The Morgan fingerprint density at radius 3 is 0.952 bits per heavy atom. The van der Waals surface area contributed by atoms with E-state index in [2.05, 4.69) is 21.3 Å². The SMILES string of the molecule is CCOC(=O)[C@]12N3CN4C(=O)N5Cc6c(OC)ccc(NC(=O)Nc7ccc(Cl)cc7)c6CN6C(=O)N(CN1C(=O)N1Cc7c(OC)ccc(NC(=O)Nc8ccc(Cl)cc8)c7CN(C3=O)[C@]12C(=O)OCC)[C@]4(C(=O)OCC)[C@]65C(=O)OCC. The molecule has 7 aliphatic heterocycles. The number of urea groups is 6. The lowest BCUT2D eigenvalue weighted by atomic mass is 9.88. The molecule has 4 N–H and O–H groups in total. The van der Waals surface area contributed by atoms with Crippen molar-refractivity contribution >= 4 is 106 Å². The number of halogens is 2. The van der Waals surface area contributed by atoms with Crippen LogP contribution in [-0.2, 0) is 64.3 Å². The number of benzene rings is 4. The average molecular weight is 1200 g/mol. The number of nitrogens with one attached hydrogen (secondary N) is 4. The van der Waals surface area contributed by atoms with Crippen molar-refractivity contribution < 1.29 is 76.4 Å². The van der Waals surface area contributed by atoms with Gasteiger partial charge in [-0.25, -0.2) is 47.9 Å². The Labute approximate surface area is 488 Å². The van der Waals surface area contributed by atoms with E-state index in [0.717, 1.165) is 19.6 Å². The Hall–Kier alpha value is -9.44. The first-order chi connectivity index (χ1) is 40.3. The summed E-state index contributed by atoms with van der Waals surface area (Å²) in [5, 5.41) is 11.8. The number of nitrogens with zero attached hydrogens (tertiary/aromatic N) is 8. The highest BCUT2D eigenvalue weighted by atomic mass is 35.5. The molecule has 0 radical (unpaired) electrons. The number of ether oxygens (including phenoxy) is 6. The van der Waals surface area contributed by atoms with E-state index in [4.69, 9.17) is 51.6 Å². The highest BCUT2D eigenvalue weighted by Gasteiger charge is 2.93. The summed E-state index contributed by atoms with van der Waals surface area (Å²) in [5.41, 5.74) is -10.9. The van der Waals surface area contributed by atoms with E-state index in [-0.39, 0.29) is 45.1 Å². The third-order valence-electron chi connectivity index (χ3n) is 15.9. The smallest absolute Gasteiger partial charge is 0.359 e. The van der Waals surface area contributed by atoms with Gasteiger partial charge in [-0.3, -0.25) is 39.2 Å². The predicted octanol–water partition coefficient (Wildman–Crippen LogP) is 5.94. The molecule has 7 aliphatic rings. The lowest BCUT2D eigenvalue weighted by Gasteiger charge is -2.51. The quantitative estimate of drug-likeness (QED) is 0.0838. The largest absolute Gasteiger partial charge is 0.496 e. The number of hydrogen-bond donors (Lipinski definition) is 4. The van der Waals surface area contributed by atoms with Crippen molar-refractivity contribution in [3.05, 3.63) is 105 Å². The van der Waals surface area contributed by atoms with Gasteiger partial charge in [0.1, 0.15) is 24.8 Å². The maximum Gasteiger partial charge on any atom is 0.359 e. The van der Waals surface area contributed by atoms with Gasteiger partial charge in [-0.05, 0) is 100 Å². The highest BCUT2D eigenvalue weighted by Crippen LogP contribution is 2.62. The summed E-state index contributed by atoms with van der Waals surface area (Å²) in [6.07, 6.45) is 0. The molecular weight excluding hydrogens is 1140 g/mol. The summed E-state index contributed by atoms with van der Waals surface area (Å²) in [7, 11) is 2.64. The molecule has 5 saturated heterocycles. The third-order valence-corrected chi connectivity index (χ3v) is 16.4. The van der Waals surface area contributed by atoms with Gasteiger partial charge >= 0.3 is 60.1 Å². The fraction of sp³-hybridized carbons (Fsp3) is 0.370. The van der Waals surface area contributed by atoms with Crippen molar-refractivity contribution in [3.8, 4) is 11.5 Å². The molecule has 28 nitrogen and oxygen atoms in total. The van der Waals surface area contributed by atoms with E-state index in [1.54, 1.807) is 48.5 Å². The van der Waals surface area contributed by atoms with Gasteiger partial charge in [0.05, 0.1) is 66.8 Å². The van der Waals surface area contributed by atoms with Crippen LogP contribution in [0.3, 0.4) is 0 Å². The van der Waals surface area contributed by atoms with Crippen LogP contribution in [0.4, 0.5) is 51.5 Å². The Kier molecular flexibility index (Phi) is 13.9. The summed E-state index contributed by atoms with van der Waals surface area (Å²) in [4.78, 5) is 162. The lowest BCUT2D eigenvalue weighted by molar-refractivity contribution is -0.209. The van der Waals surface area contributed by atoms with Gasteiger partial charge in [0, 0.05) is 55.0 Å². The molecule has 0 unspecified atom stereocenters. The summed E-state index contributed by atoms with van der Waals surface area (Å²) in [6, 6.07) is 11.7. The first kappa shape index (κ1) is 56.4. The van der Waals surface area contributed by atoms with Gasteiger partial charge in [-0.15, -0.1) is 0 Å². The van der Waals surface area contributed by atoms with Gasteiger partial charge in [0.2, 0.25) is 0 Å². The van der Waals surface area contributed by atoms with E-state index in [9.17, 15) is 9.59 Å². The zero-order valence-electron chi connectivity index (χ0n) is 45.9. The molecular formula is C54H54Cl2N12O16. The average Bonchev–Trinajstić information content (AvgIpc) is 1.47. The standard InChI is InChI=1S/C54H54Cl2N12O16/c1-7-81-41(69)51-53(43(71)83-9-3)65-27-68-50(78)64-26-36-34(38(20-22-40(36)80-6)60-46(74)58-32-17-13-30(56)14-18-32)24-62-48(76)66(54(68,44(72)84-10-4)52(62,64)42(70)82-8-2)28-67(53)49(77)63(51)25-35-33(23-61(51)47(65)75)37(19-21-39(35)79-5)59-45(73)57-31-15-11-29(55)12-16-31/h11-22H,7-10,23-28H2,1-6H3,(H2,57,59,73)(H2,58,60,74)/t51-,52-,53+,54+/m1/s1. The van der Waals surface area contributed by atoms with Gasteiger partial charge in [-0.2, -0.15) is 0 Å². The van der Waals surface area contributed by atoms with Crippen LogP contribution in [0.2, 0.25) is 10.0 Å². The molecule has 0 aliphatic carbocycles. The molecule has 0 saturated carbocycles. The van der Waals surface area contributed by atoms with Crippen LogP contribution in [0.5, 0.6) is 11.5 Å². The number of anilines is 4. The predicted molar refractivity (Wildman–Crippen MR) is 292 cm³/mol. The molecule has 11 rings (SSSR count). The normalized spacial score (nSPS) is 23.0. The van der Waals surface area contributed by atoms with Crippen LogP contribution < -0.4 is 30.7 Å². The van der Waals surface area contributed by atoms with Gasteiger partial charge in [0.15, 0.2) is 0 Å². The van der Waals surface area contributed by atoms with E-state index >= 15 is 38.4 Å². The zero-order valence-corrected chi connectivity index (χ0v) is 47.4. The fourth-order valence-electron chi connectivity index (χ4n) is 12.8. The van der Waals surface area contributed by atoms with Crippen LogP contribution >= 0.6 is 23.2 Å². The summed E-state index contributed by atoms with van der Waals surface area (Å²) < 4.78 is 35.0. The van der Waals surface area contributed by atoms with Crippen LogP contribution in [0.1, 0.15) is 49.9 Å². The van der Waals surface area contributed by atoms with Crippen molar-refractivity contribution in [1.82, 2.24) is 39.2 Å². The lowest BCUT2D eigenvalue weighted by Crippen LogP contribution is -2.81. The van der Waals surface area contributed by atoms with Crippen LogP contribution in [0.25, 0.3) is 0 Å². The Balaban J connectivity index is 1.13. The van der Waals surface area contributed by atoms with Gasteiger partial charge in [0.25, 0.3) is 22.7 Å². The van der Waals surface area contributed by atoms with E-state index in [1.807, 2.05) is 0 Å². The molecule has 0 spiro atoms. The number of methoxy groups -OCH3 is 2. The number of esters is 4. The first-order valence-electron chi connectivity index (χ1n) is 26.4. The topological polar surface area (TPSA) is 300 Å². The van der Waals surface area contributed by atoms with Crippen molar-refractivity contribution in [3.63, 3.8) is 0 Å². The second-order valence-electron chi connectivity index (χ2n) is 19.8. The van der Waals surface area contributed by atoms with E-state index in [1.165, 1.54) is 66.2 Å². The van der Waals surface area contributed by atoms with Crippen LogP contribution in [-0.4, -0.2) is 176 Å². The van der Waals surface area contributed by atoms with Crippen molar-refractivity contribution in [2.45, 2.75) is 76.5 Å². The molecule has 0 bridgehead atoms. The zero-order chi connectivity index (χ0) is 59.9. The molecule has 30 heteroatoms. The van der Waals surface area contributed by atoms with Gasteiger partial charge < -0.3 is 49.7 Å². The van der Waals surface area contributed by atoms with E-state index < -0.39 is 149 Å². The summed E-state index contributed by atoms with van der Waals surface area (Å²) in [5.74, 6) is -5.37. The minimum absolute atomic E-state index is 0.0435. The minimum Gasteiger partial charge on any atom is -0.496 e. The maximum atomic E-state index is 16.3. The number of amides is 12. The Bertz CT molecular complexity index is 3300. The monoisotopic (exact) mass is 1200 g/mol. The van der Waals surface area contributed by atoms with Crippen LogP contribution in [0.15, 0.2) is 72.8 Å². The maximum absolute atomic E-state index is 16.3. The molecule has 4 atom stereocenters. The molecule has 84 heavy (non-hydrogen) atoms. The molecule has 4 aromatic carbocycles. The number of hydrogen-bond acceptors (Lipinski definition) is 16. The van der Waals surface area contributed by atoms with Crippen molar-refractivity contribution in [2.75, 3.05) is 75.3 Å². The van der Waals surface area contributed by atoms with Crippen molar-refractivity contribution in [2.24, 2.45) is 0 Å². The molecule has 7 heterocycles. The fourth-order valence-corrected chi connectivity index (χ4v) is 13.0. The Morgan fingerprint density at radius 2 is 0.679 bits per heavy atom. The second-order valence-corrected chi connectivity index (χ2v) is 20.6. The Morgan fingerprint density at radius 1 is 0.405 bits per heavy atom. The summed E-state index contributed by atoms with van der Waals surface area (Å²) in [6.45, 7) is -1.30. The van der Waals surface area contributed by atoms with Gasteiger partial charge in [-0.1, -0.05) is 23.2 Å². The van der Waals surface area contributed by atoms with E-state index in [0.29, 0.717) is 41.0 Å². The van der Waals surface area contributed by atoms with Crippen molar-refractivity contribution in [1.29, 1.82) is 0 Å². The molecule has 4 aromatic rings. The first-order valence-corrected chi connectivity index (χ1v) is 27.2. The number of carbonyl (C=O) groups excluding carboxylic acids is 10. The number of fused-ring (bicyclic) bond motifs is 2. The second kappa shape index (κ2) is 20.8. The van der Waals surface area contributed by atoms with Crippen LogP contribution in [0, 0.1) is 0 Å². The highest BCUT2D eigenvalue weighted by molar-refractivity contribution is 6.31. The third kappa shape index (κ3) is 7.50. The minimum atomic E-state index is -3.10. The molecule has 5 fully saturated rings. The summed E-state index contributed by atoms with van der Waals surface area (Å²) >= 11 is 12.2.